The molecule has 0 unspecified atom stereocenters. The molecular formula is C19H16F2N2O3S. The van der Waals surface area contributed by atoms with Gasteiger partial charge in [-0.25, -0.2) is 17.2 Å². The number of carbonyl (C=O) groups excluding carboxylic acids is 1. The van der Waals surface area contributed by atoms with E-state index >= 15 is 0 Å². The molecule has 0 aliphatic carbocycles. The number of anilines is 2. The fraction of sp³-hybridized carbons (Fsp3) is 0.211. The number of halogens is 2. The van der Waals surface area contributed by atoms with Gasteiger partial charge in [-0.2, -0.15) is 0 Å². The van der Waals surface area contributed by atoms with Crippen molar-refractivity contribution in [1.29, 1.82) is 0 Å². The molecule has 2 heterocycles. The molecule has 0 bridgehead atoms. The molecule has 0 spiro atoms. The van der Waals surface area contributed by atoms with E-state index in [0.717, 1.165) is 37.2 Å². The van der Waals surface area contributed by atoms with Crippen LogP contribution in [-0.4, -0.2) is 32.3 Å². The van der Waals surface area contributed by atoms with Gasteiger partial charge in [-0.15, -0.1) is 0 Å². The van der Waals surface area contributed by atoms with Gasteiger partial charge in [0.15, 0.2) is 4.91 Å². The summed E-state index contributed by atoms with van der Waals surface area (Å²) < 4.78 is 53.5. The largest absolute Gasteiger partial charge is 0.338 e. The molecule has 8 heteroatoms. The minimum absolute atomic E-state index is 0.0697. The van der Waals surface area contributed by atoms with Crippen LogP contribution in [0.4, 0.5) is 20.2 Å². The fourth-order valence-corrected chi connectivity index (χ4v) is 4.94. The van der Waals surface area contributed by atoms with Crippen molar-refractivity contribution in [2.75, 3.05) is 18.0 Å². The Hall–Kier alpha value is -2.74. The number of nitrogens with zero attached hydrogens (tertiary/aromatic N) is 2. The molecule has 2 aliphatic heterocycles. The van der Waals surface area contributed by atoms with Gasteiger partial charge in [0.05, 0.1) is 16.3 Å². The Bertz CT molecular complexity index is 1040. The summed E-state index contributed by atoms with van der Waals surface area (Å²) >= 11 is 0. The van der Waals surface area contributed by atoms with Crippen LogP contribution in [-0.2, 0) is 14.6 Å². The quantitative estimate of drug-likeness (QED) is 0.789. The van der Waals surface area contributed by atoms with Crippen LogP contribution in [0, 0.1) is 11.6 Å². The zero-order valence-corrected chi connectivity index (χ0v) is 15.0. The van der Waals surface area contributed by atoms with Crippen LogP contribution in [0.25, 0.3) is 0 Å². The Balaban J connectivity index is 1.91. The Morgan fingerprint density at radius 2 is 1.59 bits per heavy atom. The van der Waals surface area contributed by atoms with Crippen LogP contribution in [0.15, 0.2) is 58.5 Å². The summed E-state index contributed by atoms with van der Waals surface area (Å²) in [5, 5.41) is 0. The maximum atomic E-state index is 13.7. The minimum atomic E-state index is -4.04. The predicted octanol–water partition coefficient (Wildman–Crippen LogP) is 3.35. The van der Waals surface area contributed by atoms with Crippen LogP contribution in [0.2, 0.25) is 0 Å². The highest BCUT2D eigenvalue weighted by Gasteiger charge is 2.38. The lowest BCUT2D eigenvalue weighted by atomic mass is 10.2. The first-order valence-electron chi connectivity index (χ1n) is 8.48. The lowest BCUT2D eigenvalue weighted by molar-refractivity contribution is -0.125. The van der Waals surface area contributed by atoms with Gasteiger partial charge in [0.2, 0.25) is 9.84 Å². The van der Waals surface area contributed by atoms with Crippen molar-refractivity contribution >= 4 is 27.1 Å². The average molecular weight is 390 g/mol. The van der Waals surface area contributed by atoms with Crippen molar-refractivity contribution < 1.29 is 22.0 Å². The van der Waals surface area contributed by atoms with Crippen LogP contribution < -0.4 is 4.90 Å². The number of rotatable bonds is 2. The number of benzene rings is 2. The summed E-state index contributed by atoms with van der Waals surface area (Å²) in [6.45, 7) is 0.976. The van der Waals surface area contributed by atoms with Gasteiger partial charge < -0.3 is 9.80 Å². The standard InChI is InChI=1S/C19H16F2N2O3S/c20-13-9-14(21)11-15(10-13)23-12-18(19(24)22-7-3-4-8-22)27(25,26)17-6-2-1-5-16(17)23/h1-2,5-6,9-12H,3-4,7-8H2. The van der Waals surface area contributed by atoms with E-state index in [1.54, 1.807) is 12.1 Å². The number of hydrogen-bond acceptors (Lipinski definition) is 4. The molecular weight excluding hydrogens is 374 g/mol. The zero-order chi connectivity index (χ0) is 19.2. The number of carbonyl (C=O) groups is 1. The van der Waals surface area contributed by atoms with Crippen molar-refractivity contribution in [3.8, 4) is 0 Å². The summed E-state index contributed by atoms with van der Waals surface area (Å²) in [4.78, 5) is 15.2. The molecule has 0 atom stereocenters. The molecule has 1 saturated heterocycles. The predicted molar refractivity (Wildman–Crippen MR) is 96.0 cm³/mol. The molecule has 1 amide bonds. The molecule has 0 aromatic heterocycles. The Morgan fingerprint density at radius 1 is 0.963 bits per heavy atom. The SMILES string of the molecule is O=C(C1=CN(c2cc(F)cc(F)c2)c2ccccc2S1(=O)=O)N1CCCC1. The van der Waals surface area contributed by atoms with Crippen LogP contribution in [0.1, 0.15) is 12.8 Å². The second-order valence-corrected chi connectivity index (χ2v) is 8.35. The number of hydrogen-bond donors (Lipinski definition) is 0. The van der Waals surface area contributed by atoms with Crippen molar-refractivity contribution in [2.24, 2.45) is 0 Å². The van der Waals surface area contributed by atoms with E-state index in [4.69, 9.17) is 0 Å². The van der Waals surface area contributed by atoms with Crippen molar-refractivity contribution in [1.82, 2.24) is 4.90 Å². The van der Waals surface area contributed by atoms with E-state index < -0.39 is 32.3 Å². The smallest absolute Gasteiger partial charge is 0.267 e. The normalized spacial score (nSPS) is 18.2. The summed E-state index contributed by atoms with van der Waals surface area (Å²) in [7, 11) is -4.04. The van der Waals surface area contributed by atoms with E-state index in [9.17, 15) is 22.0 Å². The molecule has 140 valence electrons. The molecule has 27 heavy (non-hydrogen) atoms. The van der Waals surface area contributed by atoms with Crippen molar-refractivity contribution in [3.63, 3.8) is 0 Å². The number of sulfone groups is 1. The van der Waals surface area contributed by atoms with Crippen LogP contribution in [0.5, 0.6) is 0 Å². The highest BCUT2D eigenvalue weighted by molar-refractivity contribution is 7.96. The second kappa shape index (κ2) is 6.45. The molecule has 2 aliphatic rings. The van der Waals surface area contributed by atoms with Gasteiger partial charge >= 0.3 is 0 Å². The van der Waals surface area contributed by atoms with Gasteiger partial charge in [0.25, 0.3) is 5.91 Å². The topological polar surface area (TPSA) is 57.7 Å². The summed E-state index contributed by atoms with van der Waals surface area (Å²) in [5.41, 5.74) is 0.335. The first-order valence-corrected chi connectivity index (χ1v) is 9.97. The molecule has 5 nitrogen and oxygen atoms in total. The van der Waals surface area contributed by atoms with E-state index in [1.807, 2.05) is 0 Å². The van der Waals surface area contributed by atoms with Crippen molar-refractivity contribution in [2.45, 2.75) is 17.7 Å². The Morgan fingerprint density at radius 3 is 2.26 bits per heavy atom. The van der Waals surface area contributed by atoms with Gasteiger partial charge in [0.1, 0.15) is 11.6 Å². The van der Waals surface area contributed by atoms with E-state index in [2.05, 4.69) is 0 Å². The van der Waals surface area contributed by atoms with Gasteiger partial charge in [-0.3, -0.25) is 4.79 Å². The minimum Gasteiger partial charge on any atom is -0.338 e. The number of likely N-dealkylation sites (tertiary alicyclic amines) is 1. The molecule has 1 fully saturated rings. The third kappa shape index (κ3) is 2.99. The highest BCUT2D eigenvalue weighted by Crippen LogP contribution is 2.40. The number of amides is 1. The lowest BCUT2D eigenvalue weighted by Crippen LogP contribution is -2.35. The maximum Gasteiger partial charge on any atom is 0.267 e. The summed E-state index contributed by atoms with van der Waals surface area (Å²) in [6.07, 6.45) is 2.79. The van der Waals surface area contributed by atoms with Crippen LogP contribution >= 0.6 is 0 Å². The van der Waals surface area contributed by atoms with Gasteiger partial charge in [0, 0.05) is 25.4 Å². The van der Waals surface area contributed by atoms with Crippen molar-refractivity contribution in [3.05, 3.63) is 65.2 Å². The monoisotopic (exact) mass is 390 g/mol. The van der Waals surface area contributed by atoms with E-state index in [0.29, 0.717) is 13.1 Å². The molecule has 0 N–H and O–H groups in total. The molecule has 0 saturated carbocycles. The maximum absolute atomic E-state index is 13.7. The molecule has 2 aromatic rings. The average Bonchev–Trinajstić information content (AvgIpc) is 3.15. The number of para-hydroxylation sites is 1. The summed E-state index contributed by atoms with van der Waals surface area (Å²) in [5.74, 6) is -2.18. The third-order valence-electron chi connectivity index (χ3n) is 4.68. The summed E-state index contributed by atoms with van der Waals surface area (Å²) in [6, 6.07) is 9.00. The first kappa shape index (κ1) is 17.7. The Labute approximate surface area is 155 Å². The Kier molecular flexibility index (Phi) is 4.22. The number of fused-ring (bicyclic) bond motifs is 1. The van der Waals surface area contributed by atoms with Gasteiger partial charge in [-0.1, -0.05) is 12.1 Å². The van der Waals surface area contributed by atoms with E-state index in [-0.39, 0.29) is 16.3 Å². The fourth-order valence-electron chi connectivity index (χ4n) is 3.40. The second-order valence-electron chi connectivity index (χ2n) is 6.46. The molecule has 2 aromatic carbocycles. The highest BCUT2D eigenvalue weighted by atomic mass is 32.2. The molecule has 4 rings (SSSR count). The zero-order valence-electron chi connectivity index (χ0n) is 14.2. The van der Waals surface area contributed by atoms with Crippen LogP contribution in [0.3, 0.4) is 0 Å². The van der Waals surface area contributed by atoms with E-state index in [1.165, 1.54) is 21.9 Å². The first-order chi connectivity index (χ1) is 12.9. The molecule has 0 radical (unpaired) electrons. The third-order valence-corrected chi connectivity index (χ3v) is 6.46. The van der Waals surface area contributed by atoms with Gasteiger partial charge in [-0.05, 0) is 37.1 Å². The lowest BCUT2D eigenvalue weighted by Gasteiger charge is -2.30.